The monoisotopic (exact) mass is 315 g/mol. The van der Waals surface area contributed by atoms with Crippen molar-refractivity contribution in [2.45, 2.75) is 32.1 Å². The molecule has 0 unspecified atom stereocenters. The van der Waals surface area contributed by atoms with Crippen molar-refractivity contribution in [1.29, 1.82) is 0 Å². The van der Waals surface area contributed by atoms with Gasteiger partial charge in [0.1, 0.15) is 5.75 Å². The fraction of sp³-hybridized carbons (Fsp3) is 0.538. The summed E-state index contributed by atoms with van der Waals surface area (Å²) in [6.07, 6.45) is 5.80. The highest BCUT2D eigenvalue weighted by molar-refractivity contribution is 9.09. The second-order valence-corrected chi connectivity index (χ2v) is 4.85. The van der Waals surface area contributed by atoms with Gasteiger partial charge in [0.25, 0.3) is 5.69 Å². The minimum absolute atomic E-state index is 0.0739. The number of nitro groups is 1. The van der Waals surface area contributed by atoms with Crippen LogP contribution in [0, 0.1) is 10.1 Å². The van der Waals surface area contributed by atoms with Crippen LogP contribution >= 0.6 is 15.9 Å². The predicted molar refractivity (Wildman–Crippen MR) is 75.5 cm³/mol. The Hall–Kier alpha value is -1.10. The van der Waals surface area contributed by atoms with Gasteiger partial charge in [0.2, 0.25) is 0 Å². The molecule has 1 aromatic carbocycles. The number of non-ortho nitro benzene ring substituents is 1. The zero-order chi connectivity index (χ0) is 13.2. The summed E-state index contributed by atoms with van der Waals surface area (Å²) in [5, 5.41) is 11.6. The number of ether oxygens (including phenoxy) is 1. The van der Waals surface area contributed by atoms with E-state index in [-0.39, 0.29) is 5.69 Å². The first-order chi connectivity index (χ1) is 8.74. The maximum Gasteiger partial charge on any atom is 0.273 e. The molecule has 0 amide bonds. The fourth-order valence-electron chi connectivity index (χ4n) is 1.60. The molecule has 0 aliphatic rings. The van der Waals surface area contributed by atoms with Gasteiger partial charge in [-0.05, 0) is 18.9 Å². The Kier molecular flexibility index (Phi) is 7.41. The Balaban J connectivity index is 2.19. The van der Waals surface area contributed by atoms with Gasteiger partial charge in [-0.1, -0.05) is 41.3 Å². The van der Waals surface area contributed by atoms with Crippen LogP contribution in [0.4, 0.5) is 5.69 Å². The smallest absolute Gasteiger partial charge is 0.273 e. The fourth-order valence-corrected chi connectivity index (χ4v) is 2.00. The Labute approximate surface area is 116 Å². The maximum atomic E-state index is 10.6. The Morgan fingerprint density at radius 3 is 2.61 bits per heavy atom. The lowest BCUT2D eigenvalue weighted by Gasteiger charge is -2.05. The third-order valence-electron chi connectivity index (χ3n) is 2.58. The molecule has 0 aliphatic heterocycles. The molecule has 0 heterocycles. The van der Waals surface area contributed by atoms with E-state index in [0.717, 1.165) is 18.2 Å². The van der Waals surface area contributed by atoms with E-state index in [1.165, 1.54) is 31.4 Å². The van der Waals surface area contributed by atoms with E-state index >= 15 is 0 Å². The average molecular weight is 316 g/mol. The molecule has 0 fully saturated rings. The van der Waals surface area contributed by atoms with E-state index < -0.39 is 4.92 Å². The molecule has 0 aliphatic carbocycles. The number of nitrogens with zero attached hydrogens (tertiary/aromatic N) is 1. The summed E-state index contributed by atoms with van der Waals surface area (Å²) in [6, 6.07) is 6.32. The molecule has 1 rings (SSSR count). The molecule has 0 N–H and O–H groups in total. The number of hydrogen-bond donors (Lipinski definition) is 0. The van der Waals surface area contributed by atoms with Crippen LogP contribution in [0.2, 0.25) is 0 Å². The van der Waals surface area contributed by atoms with Crippen molar-refractivity contribution in [2.24, 2.45) is 0 Å². The lowest BCUT2D eigenvalue weighted by Crippen LogP contribution is -1.98. The summed E-state index contributed by atoms with van der Waals surface area (Å²) >= 11 is 3.40. The summed E-state index contributed by atoms with van der Waals surface area (Å²) in [6.45, 7) is 0.621. The summed E-state index contributed by atoms with van der Waals surface area (Å²) in [7, 11) is 0. The van der Waals surface area contributed by atoms with Crippen LogP contribution in [0.3, 0.4) is 0 Å². The molecular weight excluding hydrogens is 298 g/mol. The van der Waals surface area contributed by atoms with Gasteiger partial charge in [-0.2, -0.15) is 0 Å². The van der Waals surface area contributed by atoms with E-state index in [2.05, 4.69) is 15.9 Å². The second kappa shape index (κ2) is 8.91. The van der Waals surface area contributed by atoms with E-state index in [4.69, 9.17) is 4.74 Å². The van der Waals surface area contributed by atoms with Gasteiger partial charge in [-0.15, -0.1) is 0 Å². The molecular formula is C13H18BrNO3. The predicted octanol–water partition coefficient (Wildman–Crippen LogP) is 4.32. The van der Waals surface area contributed by atoms with Crippen molar-refractivity contribution in [3.05, 3.63) is 34.4 Å². The first kappa shape index (κ1) is 15.0. The van der Waals surface area contributed by atoms with Crippen LogP contribution in [0.25, 0.3) is 0 Å². The highest BCUT2D eigenvalue weighted by atomic mass is 79.9. The molecule has 0 aromatic heterocycles. The van der Waals surface area contributed by atoms with E-state index in [1.54, 1.807) is 12.1 Å². The minimum atomic E-state index is -0.410. The van der Waals surface area contributed by atoms with Crippen molar-refractivity contribution in [3.8, 4) is 5.75 Å². The lowest BCUT2D eigenvalue weighted by atomic mass is 10.2. The average Bonchev–Trinajstić information content (AvgIpc) is 2.38. The van der Waals surface area contributed by atoms with Crippen LogP contribution in [0.15, 0.2) is 24.3 Å². The van der Waals surface area contributed by atoms with Gasteiger partial charge >= 0.3 is 0 Å². The summed E-state index contributed by atoms with van der Waals surface area (Å²) in [5.41, 5.74) is 0.0739. The first-order valence-corrected chi connectivity index (χ1v) is 7.29. The summed E-state index contributed by atoms with van der Waals surface area (Å²) in [4.78, 5) is 10.2. The Bertz CT molecular complexity index is 371. The highest BCUT2D eigenvalue weighted by Gasteiger charge is 2.05. The molecule has 0 saturated carbocycles. The number of benzene rings is 1. The summed E-state index contributed by atoms with van der Waals surface area (Å²) < 4.78 is 5.49. The van der Waals surface area contributed by atoms with Crippen molar-refractivity contribution in [3.63, 3.8) is 0 Å². The largest absolute Gasteiger partial charge is 0.493 e. The van der Waals surface area contributed by atoms with Gasteiger partial charge < -0.3 is 4.74 Å². The second-order valence-electron chi connectivity index (χ2n) is 4.06. The topological polar surface area (TPSA) is 52.4 Å². The first-order valence-electron chi connectivity index (χ1n) is 6.17. The van der Waals surface area contributed by atoms with Gasteiger partial charge in [0.15, 0.2) is 0 Å². The molecule has 0 radical (unpaired) electrons. The minimum Gasteiger partial charge on any atom is -0.493 e. The van der Waals surface area contributed by atoms with Crippen molar-refractivity contribution < 1.29 is 9.66 Å². The molecule has 0 spiro atoms. The van der Waals surface area contributed by atoms with Gasteiger partial charge in [-0.3, -0.25) is 10.1 Å². The third kappa shape index (κ3) is 6.00. The van der Waals surface area contributed by atoms with Crippen LogP contribution in [0.5, 0.6) is 5.75 Å². The van der Waals surface area contributed by atoms with Crippen LogP contribution in [0.1, 0.15) is 32.1 Å². The number of hydrogen-bond acceptors (Lipinski definition) is 3. The van der Waals surface area contributed by atoms with Crippen molar-refractivity contribution in [2.75, 3.05) is 11.9 Å². The Morgan fingerprint density at radius 2 is 1.89 bits per heavy atom. The van der Waals surface area contributed by atoms with Crippen molar-refractivity contribution >= 4 is 21.6 Å². The molecule has 4 nitrogen and oxygen atoms in total. The van der Waals surface area contributed by atoms with E-state index in [0.29, 0.717) is 12.4 Å². The molecule has 1 aromatic rings. The third-order valence-corrected chi connectivity index (χ3v) is 3.14. The summed E-state index contributed by atoms with van der Waals surface area (Å²) in [5.74, 6) is 0.574. The molecule has 18 heavy (non-hydrogen) atoms. The molecule has 5 heteroatoms. The number of nitro benzene ring substituents is 1. The maximum absolute atomic E-state index is 10.6. The number of halogens is 1. The van der Waals surface area contributed by atoms with E-state index in [1.807, 2.05) is 0 Å². The van der Waals surface area contributed by atoms with Gasteiger partial charge in [-0.25, -0.2) is 0 Å². The van der Waals surface area contributed by atoms with Crippen molar-refractivity contribution in [1.82, 2.24) is 0 Å². The quantitative estimate of drug-likeness (QED) is 0.295. The standard InChI is InChI=1S/C13H18BrNO3/c14-9-4-2-1-3-5-10-18-13-8-6-7-12(11-13)15(16)17/h6-8,11H,1-5,9-10H2. The number of rotatable bonds is 9. The SMILES string of the molecule is O=[N+]([O-])c1cccc(OCCCCCCCBr)c1. The number of unbranched alkanes of at least 4 members (excludes halogenated alkanes) is 4. The molecule has 0 bridgehead atoms. The zero-order valence-electron chi connectivity index (χ0n) is 10.3. The highest BCUT2D eigenvalue weighted by Crippen LogP contribution is 2.19. The lowest BCUT2D eigenvalue weighted by molar-refractivity contribution is -0.384. The Morgan fingerprint density at radius 1 is 1.17 bits per heavy atom. The number of alkyl halides is 1. The molecule has 0 saturated heterocycles. The molecule has 0 atom stereocenters. The molecule has 100 valence electrons. The normalized spacial score (nSPS) is 10.3. The van der Waals surface area contributed by atoms with Gasteiger partial charge in [0, 0.05) is 11.4 Å². The van der Waals surface area contributed by atoms with Crippen LogP contribution in [-0.2, 0) is 0 Å². The zero-order valence-corrected chi connectivity index (χ0v) is 11.9. The van der Waals surface area contributed by atoms with Gasteiger partial charge in [0.05, 0.1) is 17.6 Å². The van der Waals surface area contributed by atoms with Crippen LogP contribution < -0.4 is 4.74 Å². The van der Waals surface area contributed by atoms with Crippen LogP contribution in [-0.4, -0.2) is 16.9 Å². The van der Waals surface area contributed by atoms with E-state index in [9.17, 15) is 10.1 Å².